The molecule has 1 aromatic heterocycles. The maximum Gasteiger partial charge on any atom is 0.416 e. The van der Waals surface area contributed by atoms with Crippen molar-refractivity contribution in [2.45, 2.75) is 18.6 Å². The number of halogens is 4. The summed E-state index contributed by atoms with van der Waals surface area (Å²) in [5.74, 6) is 0. The molecule has 1 aliphatic rings. The molecule has 134 valence electrons. The zero-order chi connectivity index (χ0) is 17.9. The molecule has 7 heteroatoms. The van der Waals surface area contributed by atoms with E-state index in [0.717, 1.165) is 50.3 Å². The van der Waals surface area contributed by atoms with Crippen molar-refractivity contribution >= 4 is 11.6 Å². The lowest BCUT2D eigenvalue weighted by Crippen LogP contribution is -2.33. The van der Waals surface area contributed by atoms with Crippen molar-refractivity contribution < 1.29 is 13.2 Å². The lowest BCUT2D eigenvalue weighted by Gasteiger charge is -2.32. The number of hydrogen-bond donors (Lipinski definition) is 1. The van der Waals surface area contributed by atoms with Gasteiger partial charge in [-0.05, 0) is 48.4 Å². The van der Waals surface area contributed by atoms with Gasteiger partial charge in [0, 0.05) is 37.1 Å². The third-order valence-electron chi connectivity index (χ3n) is 4.36. The first-order valence-corrected chi connectivity index (χ1v) is 8.56. The van der Waals surface area contributed by atoms with Gasteiger partial charge in [-0.15, -0.1) is 0 Å². The molecule has 1 fully saturated rings. The number of nitrogens with one attached hydrogen (secondary N) is 1. The van der Waals surface area contributed by atoms with Crippen LogP contribution in [0.4, 0.5) is 13.2 Å². The topological polar surface area (TPSA) is 28.2 Å². The summed E-state index contributed by atoms with van der Waals surface area (Å²) in [6.07, 6.45) is -0.135. The highest BCUT2D eigenvalue weighted by molar-refractivity contribution is 6.31. The van der Waals surface area contributed by atoms with E-state index in [1.165, 1.54) is 6.07 Å². The Balaban J connectivity index is 2.08. The Morgan fingerprint density at radius 1 is 1.16 bits per heavy atom. The van der Waals surface area contributed by atoms with Gasteiger partial charge in [0.15, 0.2) is 0 Å². The first kappa shape index (κ1) is 18.2. The first-order chi connectivity index (χ1) is 12.0. The Morgan fingerprint density at radius 3 is 2.72 bits per heavy atom. The molecule has 3 rings (SSSR count). The van der Waals surface area contributed by atoms with E-state index in [1.807, 2.05) is 6.07 Å². The van der Waals surface area contributed by atoms with E-state index in [1.54, 1.807) is 18.5 Å². The standard InChI is InChI=1S/C18H19ClF3N3/c19-16-5-4-14(18(20,21)22)11-15(16)17(13-3-1-6-24-12-13)25-9-2-7-23-8-10-25/h1,3-6,11-12,17,23H,2,7-10H2. The summed E-state index contributed by atoms with van der Waals surface area (Å²) in [5, 5.41) is 3.65. The lowest BCUT2D eigenvalue weighted by molar-refractivity contribution is -0.137. The summed E-state index contributed by atoms with van der Waals surface area (Å²) in [6.45, 7) is 3.19. The average Bonchev–Trinajstić information content (AvgIpc) is 2.86. The zero-order valence-electron chi connectivity index (χ0n) is 13.6. The van der Waals surface area contributed by atoms with Gasteiger partial charge in [-0.25, -0.2) is 0 Å². The van der Waals surface area contributed by atoms with Crippen LogP contribution in [0.1, 0.15) is 29.2 Å². The van der Waals surface area contributed by atoms with Crippen molar-refractivity contribution in [1.82, 2.24) is 15.2 Å². The van der Waals surface area contributed by atoms with E-state index >= 15 is 0 Å². The fourth-order valence-electron chi connectivity index (χ4n) is 3.18. The molecule has 2 heterocycles. The molecular formula is C18H19ClF3N3. The van der Waals surface area contributed by atoms with Gasteiger partial charge in [-0.3, -0.25) is 9.88 Å². The number of pyridine rings is 1. The highest BCUT2D eigenvalue weighted by atomic mass is 35.5. The molecule has 1 aliphatic heterocycles. The van der Waals surface area contributed by atoms with Crippen LogP contribution in [0, 0.1) is 0 Å². The van der Waals surface area contributed by atoms with Crippen LogP contribution in [0.5, 0.6) is 0 Å². The Kier molecular flexibility index (Phi) is 5.61. The molecule has 0 radical (unpaired) electrons. The Labute approximate surface area is 149 Å². The zero-order valence-corrected chi connectivity index (χ0v) is 14.3. The molecule has 0 amide bonds. The molecular weight excluding hydrogens is 351 g/mol. The largest absolute Gasteiger partial charge is 0.416 e. The van der Waals surface area contributed by atoms with Gasteiger partial charge in [-0.2, -0.15) is 13.2 Å². The fraction of sp³-hybridized carbons (Fsp3) is 0.389. The molecule has 1 atom stereocenters. The summed E-state index contributed by atoms with van der Waals surface area (Å²) < 4.78 is 39.6. The monoisotopic (exact) mass is 369 g/mol. The van der Waals surface area contributed by atoms with Crippen molar-refractivity contribution in [2.24, 2.45) is 0 Å². The molecule has 1 unspecified atom stereocenters. The molecule has 0 bridgehead atoms. The van der Waals surface area contributed by atoms with E-state index in [9.17, 15) is 13.2 Å². The van der Waals surface area contributed by atoms with Gasteiger partial charge in [0.05, 0.1) is 11.6 Å². The van der Waals surface area contributed by atoms with Crippen molar-refractivity contribution in [3.8, 4) is 0 Å². The van der Waals surface area contributed by atoms with Crippen molar-refractivity contribution in [2.75, 3.05) is 26.2 Å². The Hall–Kier alpha value is -1.63. The second kappa shape index (κ2) is 7.72. The predicted molar refractivity (Wildman–Crippen MR) is 91.6 cm³/mol. The summed E-state index contributed by atoms with van der Waals surface area (Å²) in [4.78, 5) is 6.31. The number of hydrogen-bond acceptors (Lipinski definition) is 3. The number of alkyl halides is 3. The second-order valence-electron chi connectivity index (χ2n) is 6.06. The number of rotatable bonds is 3. The van der Waals surface area contributed by atoms with Crippen LogP contribution in [0.2, 0.25) is 5.02 Å². The summed E-state index contributed by atoms with van der Waals surface area (Å²) in [5.41, 5.74) is 0.616. The van der Waals surface area contributed by atoms with Gasteiger partial charge < -0.3 is 5.32 Å². The van der Waals surface area contributed by atoms with Crippen LogP contribution >= 0.6 is 11.6 Å². The van der Waals surface area contributed by atoms with Gasteiger partial charge >= 0.3 is 6.18 Å². The van der Waals surface area contributed by atoms with Crippen LogP contribution in [0.3, 0.4) is 0 Å². The number of benzene rings is 1. The van der Waals surface area contributed by atoms with Crippen LogP contribution in [0.25, 0.3) is 0 Å². The fourth-order valence-corrected chi connectivity index (χ4v) is 3.40. The third-order valence-corrected chi connectivity index (χ3v) is 4.70. The summed E-state index contributed by atoms with van der Waals surface area (Å²) in [6, 6.07) is 6.84. The Morgan fingerprint density at radius 2 is 2.00 bits per heavy atom. The number of nitrogens with zero attached hydrogens (tertiary/aromatic N) is 2. The summed E-state index contributed by atoms with van der Waals surface area (Å²) in [7, 11) is 0. The minimum absolute atomic E-state index is 0.332. The van der Waals surface area contributed by atoms with Gasteiger partial charge in [0.25, 0.3) is 0 Å². The van der Waals surface area contributed by atoms with Crippen molar-refractivity contribution in [1.29, 1.82) is 0 Å². The molecule has 1 N–H and O–H groups in total. The third kappa shape index (κ3) is 4.32. The van der Waals surface area contributed by atoms with E-state index in [4.69, 9.17) is 11.6 Å². The molecule has 0 spiro atoms. The van der Waals surface area contributed by atoms with Crippen LogP contribution < -0.4 is 5.32 Å². The normalized spacial score (nSPS) is 17.9. The molecule has 1 aromatic carbocycles. The molecule has 0 aliphatic carbocycles. The van der Waals surface area contributed by atoms with Crippen molar-refractivity contribution in [3.05, 3.63) is 64.4 Å². The van der Waals surface area contributed by atoms with Crippen LogP contribution in [-0.4, -0.2) is 36.1 Å². The van der Waals surface area contributed by atoms with E-state index in [0.29, 0.717) is 10.6 Å². The maximum absolute atomic E-state index is 13.2. The van der Waals surface area contributed by atoms with Crippen molar-refractivity contribution in [3.63, 3.8) is 0 Å². The Bertz CT molecular complexity index is 698. The smallest absolute Gasteiger partial charge is 0.315 e. The van der Waals surface area contributed by atoms with Crippen LogP contribution in [-0.2, 0) is 6.18 Å². The van der Waals surface area contributed by atoms with E-state index in [2.05, 4.69) is 15.2 Å². The number of aromatic nitrogens is 1. The van der Waals surface area contributed by atoms with Crippen LogP contribution in [0.15, 0.2) is 42.7 Å². The van der Waals surface area contributed by atoms with Gasteiger partial charge in [-0.1, -0.05) is 17.7 Å². The molecule has 2 aromatic rings. The molecule has 25 heavy (non-hydrogen) atoms. The highest BCUT2D eigenvalue weighted by Crippen LogP contribution is 2.38. The highest BCUT2D eigenvalue weighted by Gasteiger charge is 2.33. The quantitative estimate of drug-likeness (QED) is 0.881. The minimum Gasteiger partial charge on any atom is -0.315 e. The second-order valence-corrected chi connectivity index (χ2v) is 6.47. The maximum atomic E-state index is 13.2. The first-order valence-electron chi connectivity index (χ1n) is 8.18. The SMILES string of the molecule is FC(F)(F)c1ccc(Cl)c(C(c2cccnc2)N2CCCNCC2)c1. The predicted octanol–water partition coefficient (Wildman–Crippen LogP) is 4.14. The van der Waals surface area contributed by atoms with Gasteiger partial charge in [0.2, 0.25) is 0 Å². The molecule has 3 nitrogen and oxygen atoms in total. The average molecular weight is 370 g/mol. The van der Waals surface area contributed by atoms with E-state index < -0.39 is 11.7 Å². The molecule has 0 saturated carbocycles. The van der Waals surface area contributed by atoms with E-state index in [-0.39, 0.29) is 6.04 Å². The van der Waals surface area contributed by atoms with Gasteiger partial charge in [0.1, 0.15) is 0 Å². The summed E-state index contributed by atoms with van der Waals surface area (Å²) >= 11 is 6.32. The lowest BCUT2D eigenvalue weighted by atomic mass is 9.96. The minimum atomic E-state index is -4.40. The molecule has 1 saturated heterocycles.